The van der Waals surface area contributed by atoms with Gasteiger partial charge >= 0.3 is 0 Å². The van der Waals surface area contributed by atoms with Crippen molar-refractivity contribution >= 4 is 23.1 Å². The van der Waals surface area contributed by atoms with Gasteiger partial charge in [0.05, 0.1) is 0 Å². The molecule has 1 aromatic carbocycles. The lowest BCUT2D eigenvalue weighted by Crippen LogP contribution is -2.32. The molecule has 140 valence electrons. The highest BCUT2D eigenvalue weighted by Gasteiger charge is 2.15. The van der Waals surface area contributed by atoms with E-state index in [4.69, 9.17) is 0 Å². The van der Waals surface area contributed by atoms with Crippen molar-refractivity contribution in [2.45, 2.75) is 39.5 Å². The van der Waals surface area contributed by atoms with Crippen molar-refractivity contribution in [3.05, 3.63) is 36.5 Å². The Bertz CT molecular complexity index is 677. The van der Waals surface area contributed by atoms with Crippen LogP contribution in [-0.4, -0.2) is 36.6 Å². The third kappa shape index (κ3) is 4.87. The van der Waals surface area contributed by atoms with Crippen LogP contribution in [0.3, 0.4) is 0 Å². The van der Waals surface area contributed by atoms with Crippen molar-refractivity contribution in [1.29, 1.82) is 0 Å². The first-order valence-corrected chi connectivity index (χ1v) is 9.82. The number of benzene rings is 1. The van der Waals surface area contributed by atoms with Crippen LogP contribution in [0, 0.1) is 5.92 Å². The summed E-state index contributed by atoms with van der Waals surface area (Å²) in [6, 6.07) is 10.6. The van der Waals surface area contributed by atoms with E-state index in [1.54, 1.807) is 0 Å². The molecule has 2 aromatic rings. The molecular weight excluding hydrogens is 322 g/mol. The Balaban J connectivity index is 1.62. The van der Waals surface area contributed by atoms with E-state index in [-0.39, 0.29) is 0 Å². The number of piperidine rings is 1. The summed E-state index contributed by atoms with van der Waals surface area (Å²) in [6.45, 7) is 7.84. The number of unbranched alkanes of at least 4 members (excludes halogenated alkanes) is 1. The van der Waals surface area contributed by atoms with E-state index >= 15 is 0 Å². The molecule has 0 unspecified atom stereocenters. The molecule has 1 aliphatic heterocycles. The minimum absolute atomic E-state index is 0.766. The second kappa shape index (κ2) is 8.88. The Morgan fingerprint density at radius 1 is 1.15 bits per heavy atom. The summed E-state index contributed by atoms with van der Waals surface area (Å²) in [6.07, 6.45) is 6.71. The van der Waals surface area contributed by atoms with Gasteiger partial charge < -0.3 is 15.1 Å². The quantitative estimate of drug-likeness (QED) is 0.782. The molecule has 1 saturated heterocycles. The molecular formula is C21H31N5. The Morgan fingerprint density at radius 2 is 1.88 bits per heavy atom. The molecule has 1 aromatic heterocycles. The molecule has 0 spiro atoms. The average Bonchev–Trinajstić information content (AvgIpc) is 2.67. The molecule has 2 heterocycles. The summed E-state index contributed by atoms with van der Waals surface area (Å²) >= 11 is 0. The fraction of sp³-hybridized carbons (Fsp3) is 0.524. The normalized spacial score (nSPS) is 15.1. The molecule has 1 aliphatic rings. The number of hydrogen-bond acceptors (Lipinski definition) is 5. The smallest absolute Gasteiger partial charge is 0.227 e. The lowest BCUT2D eigenvalue weighted by Gasteiger charge is -2.32. The lowest BCUT2D eigenvalue weighted by molar-refractivity contribution is 0.438. The Labute approximate surface area is 157 Å². The van der Waals surface area contributed by atoms with Crippen molar-refractivity contribution < 1.29 is 0 Å². The van der Waals surface area contributed by atoms with Crippen LogP contribution < -0.4 is 15.1 Å². The fourth-order valence-corrected chi connectivity index (χ4v) is 3.27. The first-order chi connectivity index (χ1) is 12.7. The number of hydrogen-bond donors (Lipinski definition) is 1. The summed E-state index contributed by atoms with van der Waals surface area (Å²) in [5, 5.41) is 3.40. The van der Waals surface area contributed by atoms with E-state index in [0.717, 1.165) is 49.4 Å². The molecule has 5 nitrogen and oxygen atoms in total. The van der Waals surface area contributed by atoms with E-state index in [0.29, 0.717) is 0 Å². The third-order valence-corrected chi connectivity index (χ3v) is 5.12. The first kappa shape index (κ1) is 18.5. The number of nitrogens with zero attached hydrogens (tertiary/aromatic N) is 4. The molecule has 1 fully saturated rings. The van der Waals surface area contributed by atoms with Crippen molar-refractivity contribution in [3.8, 4) is 0 Å². The minimum atomic E-state index is 0.766. The Hall–Kier alpha value is -2.30. The number of rotatable bonds is 7. The van der Waals surface area contributed by atoms with Crippen LogP contribution in [0.1, 0.15) is 39.5 Å². The van der Waals surface area contributed by atoms with E-state index in [1.165, 1.54) is 24.9 Å². The molecule has 0 radical (unpaired) electrons. The van der Waals surface area contributed by atoms with Gasteiger partial charge in [-0.25, -0.2) is 4.98 Å². The van der Waals surface area contributed by atoms with Crippen LogP contribution >= 0.6 is 0 Å². The van der Waals surface area contributed by atoms with Gasteiger partial charge in [-0.1, -0.05) is 20.3 Å². The molecule has 1 N–H and O–H groups in total. The van der Waals surface area contributed by atoms with Crippen molar-refractivity contribution in [3.63, 3.8) is 0 Å². The van der Waals surface area contributed by atoms with Crippen LogP contribution in [0.5, 0.6) is 0 Å². The van der Waals surface area contributed by atoms with Crippen molar-refractivity contribution in [1.82, 2.24) is 9.97 Å². The monoisotopic (exact) mass is 353 g/mol. The van der Waals surface area contributed by atoms with Gasteiger partial charge in [-0.05, 0) is 55.5 Å². The zero-order valence-electron chi connectivity index (χ0n) is 16.3. The number of nitrogens with one attached hydrogen (secondary N) is 1. The van der Waals surface area contributed by atoms with Gasteiger partial charge in [0.1, 0.15) is 5.82 Å². The molecule has 0 atom stereocenters. The summed E-state index contributed by atoms with van der Waals surface area (Å²) in [4.78, 5) is 13.6. The topological polar surface area (TPSA) is 44.3 Å². The van der Waals surface area contributed by atoms with Crippen LogP contribution in [-0.2, 0) is 0 Å². The minimum Gasteiger partial charge on any atom is -0.372 e. The largest absolute Gasteiger partial charge is 0.372 e. The van der Waals surface area contributed by atoms with Crippen molar-refractivity contribution in [2.75, 3.05) is 41.8 Å². The first-order valence-electron chi connectivity index (χ1n) is 9.82. The maximum Gasteiger partial charge on any atom is 0.227 e. The van der Waals surface area contributed by atoms with Gasteiger partial charge in [0.15, 0.2) is 0 Å². The SMILES string of the molecule is CCCCN(C)c1nccc(Nc2ccc(N3CCC(C)CC3)cc2)n1. The highest BCUT2D eigenvalue weighted by Crippen LogP contribution is 2.25. The predicted molar refractivity (Wildman–Crippen MR) is 111 cm³/mol. The maximum atomic E-state index is 4.63. The maximum absolute atomic E-state index is 4.63. The average molecular weight is 354 g/mol. The summed E-state index contributed by atoms with van der Waals surface area (Å²) in [5.74, 6) is 2.45. The van der Waals surface area contributed by atoms with Gasteiger partial charge in [-0.15, -0.1) is 0 Å². The molecule has 26 heavy (non-hydrogen) atoms. The highest BCUT2D eigenvalue weighted by molar-refractivity contribution is 5.61. The van der Waals surface area contributed by atoms with E-state index < -0.39 is 0 Å². The number of anilines is 4. The van der Waals surface area contributed by atoms with E-state index in [9.17, 15) is 0 Å². The van der Waals surface area contributed by atoms with Crippen LogP contribution in [0.4, 0.5) is 23.1 Å². The second-order valence-corrected chi connectivity index (χ2v) is 7.36. The van der Waals surface area contributed by atoms with Gasteiger partial charge in [0.25, 0.3) is 0 Å². The second-order valence-electron chi connectivity index (χ2n) is 7.36. The predicted octanol–water partition coefficient (Wildman–Crippen LogP) is 4.69. The van der Waals surface area contributed by atoms with Gasteiger partial charge in [-0.2, -0.15) is 4.98 Å². The molecule has 0 aliphatic carbocycles. The molecule has 5 heteroatoms. The standard InChI is InChI=1S/C21H31N5/c1-4-5-14-25(3)21-22-13-10-20(24-21)23-18-6-8-19(9-7-18)26-15-11-17(2)12-16-26/h6-10,13,17H,4-5,11-12,14-16H2,1-3H3,(H,22,23,24). The summed E-state index contributed by atoms with van der Waals surface area (Å²) in [7, 11) is 2.04. The Morgan fingerprint density at radius 3 is 2.58 bits per heavy atom. The zero-order chi connectivity index (χ0) is 18.4. The van der Waals surface area contributed by atoms with E-state index in [1.807, 2.05) is 19.3 Å². The number of aromatic nitrogens is 2. The fourth-order valence-electron chi connectivity index (χ4n) is 3.27. The molecule has 0 saturated carbocycles. The molecule has 0 bridgehead atoms. The Kier molecular flexibility index (Phi) is 6.31. The lowest BCUT2D eigenvalue weighted by atomic mass is 9.99. The van der Waals surface area contributed by atoms with Crippen LogP contribution in [0.15, 0.2) is 36.5 Å². The van der Waals surface area contributed by atoms with E-state index in [2.05, 4.69) is 63.2 Å². The third-order valence-electron chi connectivity index (χ3n) is 5.12. The van der Waals surface area contributed by atoms with Gasteiger partial charge in [0, 0.05) is 44.3 Å². The zero-order valence-corrected chi connectivity index (χ0v) is 16.3. The highest BCUT2D eigenvalue weighted by atomic mass is 15.2. The summed E-state index contributed by atoms with van der Waals surface area (Å²) < 4.78 is 0. The summed E-state index contributed by atoms with van der Waals surface area (Å²) in [5.41, 5.74) is 2.37. The van der Waals surface area contributed by atoms with Crippen molar-refractivity contribution in [2.24, 2.45) is 5.92 Å². The van der Waals surface area contributed by atoms with Crippen LogP contribution in [0.2, 0.25) is 0 Å². The molecule has 0 amide bonds. The molecule has 3 rings (SSSR count). The van der Waals surface area contributed by atoms with Gasteiger partial charge in [0.2, 0.25) is 5.95 Å². The van der Waals surface area contributed by atoms with Gasteiger partial charge in [-0.3, -0.25) is 0 Å². The van der Waals surface area contributed by atoms with Crippen LogP contribution in [0.25, 0.3) is 0 Å².